The van der Waals surface area contributed by atoms with Gasteiger partial charge in [-0.15, -0.1) is 0 Å². The SMILES string of the molecule is CCCCc1noc(CC(O)CCC)n1. The number of aryl methyl sites for hydroxylation is 1. The van der Waals surface area contributed by atoms with E-state index in [4.69, 9.17) is 4.52 Å². The zero-order chi connectivity index (χ0) is 11.1. The van der Waals surface area contributed by atoms with Gasteiger partial charge in [-0.05, 0) is 12.8 Å². The monoisotopic (exact) mass is 212 g/mol. The average molecular weight is 212 g/mol. The van der Waals surface area contributed by atoms with Gasteiger partial charge in [-0.2, -0.15) is 4.98 Å². The smallest absolute Gasteiger partial charge is 0.229 e. The van der Waals surface area contributed by atoms with Crippen molar-refractivity contribution in [3.8, 4) is 0 Å². The van der Waals surface area contributed by atoms with Gasteiger partial charge < -0.3 is 9.63 Å². The maximum Gasteiger partial charge on any atom is 0.229 e. The van der Waals surface area contributed by atoms with Gasteiger partial charge in [-0.1, -0.05) is 31.8 Å². The molecule has 0 saturated heterocycles. The van der Waals surface area contributed by atoms with Gasteiger partial charge in [0.15, 0.2) is 5.82 Å². The quantitative estimate of drug-likeness (QED) is 0.752. The summed E-state index contributed by atoms with van der Waals surface area (Å²) in [5, 5.41) is 13.4. The zero-order valence-electron chi connectivity index (χ0n) is 9.57. The summed E-state index contributed by atoms with van der Waals surface area (Å²) in [7, 11) is 0. The van der Waals surface area contributed by atoms with E-state index in [-0.39, 0.29) is 6.10 Å². The number of aromatic nitrogens is 2. The molecule has 86 valence electrons. The Kier molecular flexibility index (Phi) is 5.32. The van der Waals surface area contributed by atoms with Crippen molar-refractivity contribution in [2.24, 2.45) is 0 Å². The van der Waals surface area contributed by atoms with Crippen molar-refractivity contribution in [2.45, 2.75) is 58.5 Å². The van der Waals surface area contributed by atoms with Crippen molar-refractivity contribution in [1.29, 1.82) is 0 Å². The fourth-order valence-corrected chi connectivity index (χ4v) is 1.45. The van der Waals surface area contributed by atoms with Gasteiger partial charge in [0.1, 0.15) is 0 Å². The Morgan fingerprint density at radius 2 is 2.13 bits per heavy atom. The molecule has 0 aromatic carbocycles. The second-order valence-corrected chi connectivity index (χ2v) is 3.85. The molecule has 1 rings (SSSR count). The molecule has 0 aliphatic carbocycles. The molecule has 1 N–H and O–H groups in total. The number of hydrogen-bond acceptors (Lipinski definition) is 4. The first-order chi connectivity index (χ1) is 7.26. The molecule has 0 saturated carbocycles. The highest BCUT2D eigenvalue weighted by atomic mass is 16.5. The van der Waals surface area contributed by atoms with Crippen molar-refractivity contribution in [1.82, 2.24) is 10.1 Å². The van der Waals surface area contributed by atoms with Gasteiger partial charge in [0, 0.05) is 6.42 Å². The molecular formula is C11H20N2O2. The highest BCUT2D eigenvalue weighted by Crippen LogP contribution is 2.07. The molecular weight excluding hydrogens is 192 g/mol. The molecule has 0 radical (unpaired) electrons. The Balaban J connectivity index is 2.38. The van der Waals surface area contributed by atoms with E-state index >= 15 is 0 Å². The molecule has 1 atom stereocenters. The summed E-state index contributed by atoms with van der Waals surface area (Å²) in [5.74, 6) is 1.32. The molecule has 0 amide bonds. The summed E-state index contributed by atoms with van der Waals surface area (Å²) in [6, 6.07) is 0. The largest absolute Gasteiger partial charge is 0.393 e. The normalized spacial score (nSPS) is 13.0. The Labute approximate surface area is 90.7 Å². The summed E-state index contributed by atoms with van der Waals surface area (Å²) in [6.07, 6.45) is 4.95. The Bertz CT molecular complexity index is 273. The van der Waals surface area contributed by atoms with E-state index in [1.807, 2.05) is 6.92 Å². The summed E-state index contributed by atoms with van der Waals surface area (Å²) < 4.78 is 5.06. The number of rotatable bonds is 7. The maximum absolute atomic E-state index is 9.56. The topological polar surface area (TPSA) is 59.2 Å². The zero-order valence-corrected chi connectivity index (χ0v) is 9.57. The highest BCUT2D eigenvalue weighted by molar-refractivity contribution is 4.88. The van der Waals surface area contributed by atoms with Crippen molar-refractivity contribution in [3.63, 3.8) is 0 Å². The highest BCUT2D eigenvalue weighted by Gasteiger charge is 2.11. The van der Waals surface area contributed by atoms with E-state index < -0.39 is 0 Å². The van der Waals surface area contributed by atoms with Crippen LogP contribution in [0, 0.1) is 0 Å². The predicted octanol–water partition coefficient (Wildman–Crippen LogP) is 2.12. The second-order valence-electron chi connectivity index (χ2n) is 3.85. The van der Waals surface area contributed by atoms with Crippen molar-refractivity contribution < 1.29 is 9.63 Å². The van der Waals surface area contributed by atoms with Gasteiger partial charge >= 0.3 is 0 Å². The van der Waals surface area contributed by atoms with E-state index in [9.17, 15) is 5.11 Å². The van der Waals surface area contributed by atoms with Gasteiger partial charge in [-0.3, -0.25) is 0 Å². The third kappa shape index (κ3) is 4.42. The third-order valence-electron chi connectivity index (χ3n) is 2.30. The first-order valence-electron chi connectivity index (χ1n) is 5.75. The van der Waals surface area contributed by atoms with Crippen LogP contribution in [0.4, 0.5) is 0 Å². The minimum Gasteiger partial charge on any atom is -0.393 e. The van der Waals surface area contributed by atoms with Crippen LogP contribution in [-0.2, 0) is 12.8 Å². The summed E-state index contributed by atoms with van der Waals surface area (Å²) in [5.41, 5.74) is 0. The maximum atomic E-state index is 9.56. The van der Waals surface area contributed by atoms with E-state index in [0.717, 1.165) is 37.9 Å². The third-order valence-corrected chi connectivity index (χ3v) is 2.30. The van der Waals surface area contributed by atoms with Crippen LogP contribution in [0.5, 0.6) is 0 Å². The van der Waals surface area contributed by atoms with Crippen LogP contribution in [0.15, 0.2) is 4.52 Å². The van der Waals surface area contributed by atoms with Crippen LogP contribution in [0.3, 0.4) is 0 Å². The lowest BCUT2D eigenvalue weighted by molar-refractivity contribution is 0.151. The average Bonchev–Trinajstić information content (AvgIpc) is 2.63. The van der Waals surface area contributed by atoms with Gasteiger partial charge in [0.2, 0.25) is 5.89 Å². The van der Waals surface area contributed by atoms with Crippen LogP contribution in [-0.4, -0.2) is 21.4 Å². The molecule has 0 bridgehead atoms. The van der Waals surface area contributed by atoms with Gasteiger partial charge in [0.05, 0.1) is 12.5 Å². The van der Waals surface area contributed by atoms with E-state index in [0.29, 0.717) is 12.3 Å². The number of aliphatic hydroxyl groups is 1. The number of unbranched alkanes of at least 4 members (excludes halogenated alkanes) is 1. The molecule has 4 nitrogen and oxygen atoms in total. The van der Waals surface area contributed by atoms with Crippen LogP contribution < -0.4 is 0 Å². The lowest BCUT2D eigenvalue weighted by Crippen LogP contribution is -2.09. The van der Waals surface area contributed by atoms with Crippen molar-refractivity contribution in [2.75, 3.05) is 0 Å². The lowest BCUT2D eigenvalue weighted by Gasteiger charge is -2.03. The first-order valence-corrected chi connectivity index (χ1v) is 5.75. The number of nitrogens with zero attached hydrogens (tertiary/aromatic N) is 2. The minimum absolute atomic E-state index is 0.352. The molecule has 4 heteroatoms. The lowest BCUT2D eigenvalue weighted by atomic mass is 10.1. The molecule has 0 fully saturated rings. The van der Waals surface area contributed by atoms with Crippen LogP contribution in [0.2, 0.25) is 0 Å². The van der Waals surface area contributed by atoms with Crippen LogP contribution in [0.1, 0.15) is 51.2 Å². The van der Waals surface area contributed by atoms with Crippen molar-refractivity contribution in [3.05, 3.63) is 11.7 Å². The van der Waals surface area contributed by atoms with Crippen molar-refractivity contribution >= 4 is 0 Å². The van der Waals surface area contributed by atoms with Crippen LogP contribution >= 0.6 is 0 Å². The molecule has 0 aliphatic heterocycles. The van der Waals surface area contributed by atoms with Crippen LogP contribution in [0.25, 0.3) is 0 Å². The molecule has 1 heterocycles. The number of hydrogen-bond donors (Lipinski definition) is 1. The fraction of sp³-hybridized carbons (Fsp3) is 0.818. The Hall–Kier alpha value is -0.900. The Morgan fingerprint density at radius 1 is 1.33 bits per heavy atom. The molecule has 1 aromatic heterocycles. The minimum atomic E-state index is -0.352. The molecule has 0 aliphatic rings. The Morgan fingerprint density at radius 3 is 2.80 bits per heavy atom. The van der Waals surface area contributed by atoms with E-state index in [1.165, 1.54) is 0 Å². The van der Waals surface area contributed by atoms with Gasteiger partial charge in [0.25, 0.3) is 0 Å². The second kappa shape index (κ2) is 6.56. The van der Waals surface area contributed by atoms with Gasteiger partial charge in [-0.25, -0.2) is 0 Å². The first kappa shape index (κ1) is 12.2. The predicted molar refractivity (Wildman–Crippen MR) is 57.5 cm³/mol. The molecule has 1 unspecified atom stereocenters. The molecule has 0 spiro atoms. The summed E-state index contributed by atoms with van der Waals surface area (Å²) in [6.45, 7) is 4.18. The number of aliphatic hydroxyl groups excluding tert-OH is 1. The summed E-state index contributed by atoms with van der Waals surface area (Å²) >= 11 is 0. The molecule has 1 aromatic rings. The van der Waals surface area contributed by atoms with E-state index in [2.05, 4.69) is 17.1 Å². The molecule has 15 heavy (non-hydrogen) atoms. The van der Waals surface area contributed by atoms with E-state index in [1.54, 1.807) is 0 Å². The fourth-order valence-electron chi connectivity index (χ4n) is 1.45. The standard InChI is InChI=1S/C11H20N2O2/c1-3-5-7-10-12-11(15-13-10)8-9(14)6-4-2/h9,14H,3-8H2,1-2H3. The summed E-state index contributed by atoms with van der Waals surface area (Å²) in [4.78, 5) is 4.23.